The molecular formula is C21H23N3O. The first kappa shape index (κ1) is 16.0. The molecule has 2 aromatic carbocycles. The summed E-state index contributed by atoms with van der Waals surface area (Å²) in [7, 11) is 0. The Labute approximate surface area is 148 Å². The second-order valence-corrected chi connectivity index (χ2v) is 6.67. The lowest BCUT2D eigenvalue weighted by molar-refractivity contribution is 0.266. The predicted molar refractivity (Wildman–Crippen MR) is 98.4 cm³/mol. The van der Waals surface area contributed by atoms with E-state index >= 15 is 0 Å². The first-order chi connectivity index (χ1) is 12.3. The van der Waals surface area contributed by atoms with Crippen LogP contribution in [-0.4, -0.2) is 26.5 Å². The van der Waals surface area contributed by atoms with E-state index in [2.05, 4.69) is 53.6 Å². The van der Waals surface area contributed by atoms with Gasteiger partial charge in [-0.3, -0.25) is 0 Å². The van der Waals surface area contributed by atoms with Crippen molar-refractivity contribution in [1.29, 1.82) is 0 Å². The third kappa shape index (κ3) is 3.80. The fourth-order valence-electron chi connectivity index (χ4n) is 3.12. The van der Waals surface area contributed by atoms with Crippen LogP contribution in [0.25, 0.3) is 11.1 Å². The van der Waals surface area contributed by atoms with Crippen LogP contribution in [0, 0.1) is 0 Å². The van der Waals surface area contributed by atoms with Gasteiger partial charge in [0.2, 0.25) is 0 Å². The number of hydrogen-bond donors (Lipinski definition) is 1. The minimum Gasteiger partial charge on any atom is -0.394 e. The van der Waals surface area contributed by atoms with Gasteiger partial charge >= 0.3 is 0 Å². The topological polar surface area (TPSA) is 50.9 Å². The molecule has 0 saturated heterocycles. The number of aliphatic hydroxyl groups excluding tert-OH is 1. The van der Waals surface area contributed by atoms with E-state index in [1.807, 2.05) is 10.7 Å². The Bertz CT molecular complexity index is 820. The number of aryl methyl sites for hydroxylation is 2. The fourth-order valence-corrected chi connectivity index (χ4v) is 3.12. The molecule has 4 nitrogen and oxygen atoms in total. The monoisotopic (exact) mass is 333 g/mol. The average Bonchev–Trinajstić information content (AvgIpc) is 3.44. The van der Waals surface area contributed by atoms with Crippen LogP contribution >= 0.6 is 0 Å². The highest BCUT2D eigenvalue weighted by molar-refractivity contribution is 5.63. The molecule has 4 rings (SSSR count). The molecule has 1 aromatic heterocycles. The minimum absolute atomic E-state index is 0.103. The van der Waals surface area contributed by atoms with Crippen LogP contribution in [0.2, 0.25) is 0 Å². The van der Waals surface area contributed by atoms with Gasteiger partial charge in [0.05, 0.1) is 13.2 Å². The molecule has 1 N–H and O–H groups in total. The quantitative estimate of drug-likeness (QED) is 0.719. The largest absolute Gasteiger partial charge is 0.394 e. The summed E-state index contributed by atoms with van der Waals surface area (Å²) >= 11 is 0. The zero-order valence-corrected chi connectivity index (χ0v) is 14.3. The number of aliphatic hydroxyl groups is 1. The van der Waals surface area contributed by atoms with Gasteiger partial charge in [-0.1, -0.05) is 54.6 Å². The van der Waals surface area contributed by atoms with Crippen LogP contribution in [0.5, 0.6) is 0 Å². The van der Waals surface area contributed by atoms with Crippen molar-refractivity contribution in [3.63, 3.8) is 0 Å². The summed E-state index contributed by atoms with van der Waals surface area (Å²) < 4.78 is 1.88. The lowest BCUT2D eigenvalue weighted by atomic mass is 10.0. The molecule has 1 aliphatic carbocycles. The maximum absolute atomic E-state index is 9.24. The van der Waals surface area contributed by atoms with E-state index in [1.54, 1.807) is 0 Å². The second-order valence-electron chi connectivity index (χ2n) is 6.67. The molecule has 0 atom stereocenters. The third-order valence-electron chi connectivity index (χ3n) is 4.72. The molecule has 0 bridgehead atoms. The maximum Gasteiger partial charge on any atom is 0.154 e. The maximum atomic E-state index is 9.24. The zero-order valence-electron chi connectivity index (χ0n) is 14.3. The lowest BCUT2D eigenvalue weighted by Gasteiger charge is -2.06. The van der Waals surface area contributed by atoms with Gasteiger partial charge in [-0.25, -0.2) is 9.67 Å². The lowest BCUT2D eigenvalue weighted by Crippen LogP contribution is -2.09. The van der Waals surface area contributed by atoms with Gasteiger partial charge in [0.1, 0.15) is 5.82 Å². The van der Waals surface area contributed by atoms with Crippen LogP contribution in [-0.2, 0) is 19.4 Å². The Morgan fingerprint density at radius 1 is 0.920 bits per heavy atom. The zero-order chi connectivity index (χ0) is 17.1. The molecule has 3 aromatic rings. The third-order valence-corrected chi connectivity index (χ3v) is 4.72. The first-order valence-corrected chi connectivity index (χ1v) is 9.02. The summed E-state index contributed by atoms with van der Waals surface area (Å²) in [5.74, 6) is 2.50. The van der Waals surface area contributed by atoms with Gasteiger partial charge in [-0.05, 0) is 36.0 Å². The highest BCUT2D eigenvalue weighted by Gasteiger charge is 2.28. The molecule has 0 radical (unpaired) electrons. The van der Waals surface area contributed by atoms with E-state index in [-0.39, 0.29) is 6.61 Å². The molecule has 128 valence electrons. The Morgan fingerprint density at radius 3 is 2.32 bits per heavy atom. The second kappa shape index (κ2) is 7.19. The Morgan fingerprint density at radius 2 is 1.64 bits per heavy atom. The highest BCUT2D eigenvalue weighted by Crippen LogP contribution is 2.38. The van der Waals surface area contributed by atoms with Crippen molar-refractivity contribution in [2.45, 2.75) is 38.1 Å². The number of aromatic nitrogens is 3. The molecule has 1 fully saturated rings. The van der Waals surface area contributed by atoms with Crippen LogP contribution in [0.3, 0.4) is 0 Å². The van der Waals surface area contributed by atoms with Gasteiger partial charge in [-0.2, -0.15) is 5.10 Å². The van der Waals surface area contributed by atoms with Crippen molar-refractivity contribution in [3.8, 4) is 11.1 Å². The molecule has 0 amide bonds. The summed E-state index contributed by atoms with van der Waals surface area (Å²) in [5.41, 5.74) is 3.78. The normalized spacial score (nSPS) is 14.0. The number of nitrogens with zero attached hydrogens (tertiary/aromatic N) is 3. The van der Waals surface area contributed by atoms with Crippen LogP contribution in [0.4, 0.5) is 0 Å². The van der Waals surface area contributed by atoms with Gasteiger partial charge in [0.25, 0.3) is 0 Å². The van der Waals surface area contributed by atoms with E-state index in [0.29, 0.717) is 12.5 Å². The van der Waals surface area contributed by atoms with Gasteiger partial charge in [0.15, 0.2) is 5.82 Å². The molecular weight excluding hydrogens is 310 g/mol. The molecule has 4 heteroatoms. The number of rotatable bonds is 7. The fraction of sp³-hybridized carbons (Fsp3) is 0.333. The summed E-state index contributed by atoms with van der Waals surface area (Å²) in [6.45, 7) is 0.633. The molecule has 1 saturated carbocycles. The first-order valence-electron chi connectivity index (χ1n) is 9.02. The van der Waals surface area contributed by atoms with E-state index in [4.69, 9.17) is 4.98 Å². The minimum atomic E-state index is 0.103. The predicted octanol–water partition coefficient (Wildman–Crippen LogP) is 3.60. The van der Waals surface area contributed by atoms with E-state index < -0.39 is 0 Å². The van der Waals surface area contributed by atoms with Crippen LogP contribution in [0.1, 0.15) is 36.0 Å². The number of hydrogen-bond acceptors (Lipinski definition) is 3. The molecule has 0 unspecified atom stereocenters. The van der Waals surface area contributed by atoms with Crippen molar-refractivity contribution in [1.82, 2.24) is 14.8 Å². The Hall–Kier alpha value is -2.46. The summed E-state index contributed by atoms with van der Waals surface area (Å²) in [6, 6.07) is 19.2. The average molecular weight is 333 g/mol. The smallest absolute Gasteiger partial charge is 0.154 e. The van der Waals surface area contributed by atoms with Crippen molar-refractivity contribution in [2.24, 2.45) is 0 Å². The molecule has 25 heavy (non-hydrogen) atoms. The van der Waals surface area contributed by atoms with Crippen LogP contribution < -0.4 is 0 Å². The molecule has 0 aliphatic heterocycles. The van der Waals surface area contributed by atoms with Gasteiger partial charge in [0, 0.05) is 12.3 Å². The molecule has 1 heterocycles. The van der Waals surface area contributed by atoms with E-state index in [0.717, 1.165) is 24.5 Å². The molecule has 0 spiro atoms. The van der Waals surface area contributed by atoms with Gasteiger partial charge < -0.3 is 5.11 Å². The summed E-state index contributed by atoms with van der Waals surface area (Å²) in [5, 5.41) is 13.8. The van der Waals surface area contributed by atoms with E-state index in [1.165, 1.54) is 29.5 Å². The van der Waals surface area contributed by atoms with Crippen molar-refractivity contribution in [2.75, 3.05) is 6.61 Å². The van der Waals surface area contributed by atoms with Gasteiger partial charge in [-0.15, -0.1) is 0 Å². The Balaban J connectivity index is 1.44. The Kier molecular flexibility index (Phi) is 4.61. The standard InChI is InChI=1S/C21H23N3O/c25-15-14-24-20(22-21(23-24)19-11-12-19)13-8-16-6-9-18(10-7-16)17-4-2-1-3-5-17/h1-7,9-10,19,25H,8,11-15H2. The number of benzene rings is 2. The van der Waals surface area contributed by atoms with Crippen LogP contribution in [0.15, 0.2) is 54.6 Å². The van der Waals surface area contributed by atoms with Crippen molar-refractivity contribution in [3.05, 3.63) is 71.8 Å². The highest BCUT2D eigenvalue weighted by atomic mass is 16.3. The van der Waals surface area contributed by atoms with Crippen molar-refractivity contribution >= 4 is 0 Å². The summed E-state index contributed by atoms with van der Waals surface area (Å²) in [4.78, 5) is 4.71. The molecule has 1 aliphatic rings. The summed E-state index contributed by atoms with van der Waals surface area (Å²) in [6.07, 6.45) is 4.18. The van der Waals surface area contributed by atoms with E-state index in [9.17, 15) is 5.11 Å². The SMILES string of the molecule is OCCn1nc(C2CC2)nc1CCc1ccc(-c2ccccc2)cc1. The van der Waals surface area contributed by atoms with Crippen molar-refractivity contribution < 1.29 is 5.11 Å².